The van der Waals surface area contributed by atoms with Crippen molar-refractivity contribution in [1.29, 1.82) is 0 Å². The molecule has 0 aliphatic rings. The van der Waals surface area contributed by atoms with Gasteiger partial charge in [0.15, 0.2) is 0 Å². The van der Waals surface area contributed by atoms with Crippen LogP contribution in [-0.4, -0.2) is 12.5 Å². The zero-order valence-corrected chi connectivity index (χ0v) is 13.9. The number of benzene rings is 2. The third-order valence-electron chi connectivity index (χ3n) is 4.05. The lowest BCUT2D eigenvalue weighted by atomic mass is 10.0. The van der Waals surface area contributed by atoms with E-state index in [0.29, 0.717) is 22.4 Å². The van der Waals surface area contributed by atoms with Gasteiger partial charge in [-0.3, -0.25) is 4.79 Å². The number of amides is 1. The van der Waals surface area contributed by atoms with Gasteiger partial charge in [0.2, 0.25) is 0 Å². The molecule has 3 aromatic rings. The van der Waals surface area contributed by atoms with Crippen molar-refractivity contribution in [2.75, 3.05) is 6.54 Å². The number of fused-ring (bicyclic) bond motifs is 1. The normalized spacial score (nSPS) is 12.3. The van der Waals surface area contributed by atoms with Crippen molar-refractivity contribution in [2.45, 2.75) is 19.8 Å². The van der Waals surface area contributed by atoms with E-state index in [1.165, 1.54) is 23.0 Å². The van der Waals surface area contributed by atoms with E-state index in [1.54, 1.807) is 13.0 Å². The molecule has 0 radical (unpaired) electrons. The lowest BCUT2D eigenvalue weighted by molar-refractivity contribution is 0.0955. The van der Waals surface area contributed by atoms with Gasteiger partial charge in [-0.05, 0) is 36.1 Å². The van der Waals surface area contributed by atoms with Crippen LogP contribution in [0.25, 0.3) is 10.1 Å². The Labute approximate surface area is 139 Å². The molecule has 1 atom stereocenters. The smallest absolute Gasteiger partial charge is 0.261 e. The second kappa shape index (κ2) is 6.50. The second-order valence-corrected chi connectivity index (χ2v) is 6.74. The summed E-state index contributed by atoms with van der Waals surface area (Å²) >= 11 is 1.34. The topological polar surface area (TPSA) is 29.1 Å². The minimum absolute atomic E-state index is 0.133. The number of carbonyl (C=O) groups excluding carboxylic acids is 1. The van der Waals surface area contributed by atoms with Gasteiger partial charge in [0, 0.05) is 16.6 Å². The first-order valence-electron chi connectivity index (χ1n) is 7.58. The van der Waals surface area contributed by atoms with Crippen LogP contribution in [0.1, 0.15) is 33.6 Å². The van der Waals surface area contributed by atoms with E-state index in [9.17, 15) is 9.18 Å². The Balaban J connectivity index is 1.76. The number of hydrogen-bond acceptors (Lipinski definition) is 2. The standard InChI is InChI=1S/C19H18FNOS/c1-12(14-7-4-3-5-8-14)11-21-19(22)18-13(2)17-15(20)9-6-10-16(17)23-18/h3-10,12H,11H2,1-2H3,(H,21,22). The fourth-order valence-corrected chi connectivity index (χ4v) is 3.83. The molecule has 1 aromatic heterocycles. The zero-order chi connectivity index (χ0) is 16.4. The molecule has 0 saturated carbocycles. The van der Waals surface area contributed by atoms with E-state index in [-0.39, 0.29) is 17.6 Å². The third kappa shape index (κ3) is 3.13. The van der Waals surface area contributed by atoms with Gasteiger partial charge in [0.25, 0.3) is 5.91 Å². The predicted octanol–water partition coefficient (Wildman–Crippen LogP) is 4.88. The van der Waals surface area contributed by atoms with E-state index >= 15 is 0 Å². The summed E-state index contributed by atoms with van der Waals surface area (Å²) < 4.78 is 14.7. The van der Waals surface area contributed by atoms with Crippen molar-refractivity contribution in [3.8, 4) is 0 Å². The van der Waals surface area contributed by atoms with Crippen molar-refractivity contribution in [3.05, 3.63) is 70.4 Å². The maximum absolute atomic E-state index is 13.9. The molecular weight excluding hydrogens is 309 g/mol. The molecule has 0 saturated heterocycles. The molecule has 4 heteroatoms. The molecule has 0 aliphatic carbocycles. The average molecular weight is 327 g/mol. The van der Waals surface area contributed by atoms with Gasteiger partial charge in [-0.15, -0.1) is 11.3 Å². The third-order valence-corrected chi connectivity index (χ3v) is 5.30. The average Bonchev–Trinajstić information content (AvgIpc) is 2.91. The number of rotatable bonds is 4. The summed E-state index contributed by atoms with van der Waals surface area (Å²) in [7, 11) is 0. The van der Waals surface area contributed by atoms with Crippen LogP contribution < -0.4 is 5.32 Å². The minimum Gasteiger partial charge on any atom is -0.351 e. The van der Waals surface area contributed by atoms with Crippen molar-refractivity contribution in [3.63, 3.8) is 0 Å². The Morgan fingerprint density at radius 2 is 1.91 bits per heavy atom. The van der Waals surface area contributed by atoms with Crippen LogP contribution in [0.4, 0.5) is 4.39 Å². The number of aryl methyl sites for hydroxylation is 1. The summed E-state index contributed by atoms with van der Waals surface area (Å²) in [5.41, 5.74) is 1.90. The van der Waals surface area contributed by atoms with Gasteiger partial charge in [0.05, 0.1) is 4.88 Å². The van der Waals surface area contributed by atoms with E-state index in [1.807, 2.05) is 24.3 Å². The SMILES string of the molecule is Cc1c(C(=O)NCC(C)c2ccccc2)sc2cccc(F)c12. The van der Waals surface area contributed by atoms with Crippen LogP contribution >= 0.6 is 11.3 Å². The van der Waals surface area contributed by atoms with E-state index in [4.69, 9.17) is 0 Å². The Bertz CT molecular complexity index is 841. The lowest BCUT2D eigenvalue weighted by Gasteiger charge is -2.12. The fourth-order valence-electron chi connectivity index (χ4n) is 2.70. The summed E-state index contributed by atoms with van der Waals surface area (Å²) in [6, 6.07) is 15.0. The minimum atomic E-state index is -0.270. The maximum Gasteiger partial charge on any atom is 0.261 e. The molecule has 118 valence electrons. The van der Waals surface area contributed by atoms with Crippen molar-refractivity contribution < 1.29 is 9.18 Å². The molecule has 23 heavy (non-hydrogen) atoms. The monoisotopic (exact) mass is 327 g/mol. The van der Waals surface area contributed by atoms with Crippen molar-refractivity contribution in [1.82, 2.24) is 5.32 Å². The number of halogens is 1. The zero-order valence-electron chi connectivity index (χ0n) is 13.1. The van der Waals surface area contributed by atoms with Crippen molar-refractivity contribution in [2.24, 2.45) is 0 Å². The molecule has 3 rings (SSSR count). The van der Waals surface area contributed by atoms with Crippen LogP contribution in [0.2, 0.25) is 0 Å². The van der Waals surface area contributed by atoms with Crippen LogP contribution in [0.5, 0.6) is 0 Å². The van der Waals surface area contributed by atoms with E-state index in [0.717, 1.165) is 4.70 Å². The number of carbonyl (C=O) groups is 1. The van der Waals surface area contributed by atoms with Gasteiger partial charge in [-0.25, -0.2) is 4.39 Å². The largest absolute Gasteiger partial charge is 0.351 e. The van der Waals surface area contributed by atoms with Gasteiger partial charge in [-0.2, -0.15) is 0 Å². The van der Waals surface area contributed by atoms with Gasteiger partial charge in [0.1, 0.15) is 5.82 Å². The molecule has 0 bridgehead atoms. The molecule has 0 aliphatic heterocycles. The molecule has 1 unspecified atom stereocenters. The fraction of sp³-hybridized carbons (Fsp3) is 0.211. The number of thiophene rings is 1. The molecule has 0 spiro atoms. The Morgan fingerprint density at radius 1 is 1.17 bits per heavy atom. The van der Waals surface area contributed by atoms with Crippen LogP contribution in [-0.2, 0) is 0 Å². The Kier molecular flexibility index (Phi) is 4.44. The summed E-state index contributed by atoms with van der Waals surface area (Å²) in [6.07, 6.45) is 0. The quantitative estimate of drug-likeness (QED) is 0.727. The molecule has 2 aromatic carbocycles. The van der Waals surface area contributed by atoms with Crippen LogP contribution in [0.15, 0.2) is 48.5 Å². The first-order chi connectivity index (χ1) is 11.1. The van der Waals surface area contributed by atoms with E-state index in [2.05, 4.69) is 24.4 Å². The van der Waals surface area contributed by atoms with Crippen LogP contribution in [0.3, 0.4) is 0 Å². The maximum atomic E-state index is 13.9. The Hall–Kier alpha value is -2.20. The van der Waals surface area contributed by atoms with Crippen molar-refractivity contribution >= 4 is 27.3 Å². The lowest BCUT2D eigenvalue weighted by Crippen LogP contribution is -2.27. The summed E-state index contributed by atoms with van der Waals surface area (Å²) in [6.45, 7) is 4.43. The predicted molar refractivity (Wildman–Crippen MR) is 93.7 cm³/mol. The molecule has 1 N–H and O–H groups in total. The highest BCUT2D eigenvalue weighted by molar-refractivity contribution is 7.21. The van der Waals surface area contributed by atoms with Gasteiger partial charge < -0.3 is 5.32 Å². The highest BCUT2D eigenvalue weighted by atomic mass is 32.1. The summed E-state index contributed by atoms with van der Waals surface area (Å²) in [5.74, 6) is -0.176. The van der Waals surface area contributed by atoms with Gasteiger partial charge >= 0.3 is 0 Å². The molecule has 1 heterocycles. The highest BCUT2D eigenvalue weighted by Gasteiger charge is 2.18. The van der Waals surface area contributed by atoms with Crippen LogP contribution in [0, 0.1) is 12.7 Å². The van der Waals surface area contributed by atoms with E-state index < -0.39 is 0 Å². The first kappa shape index (κ1) is 15.7. The molecule has 0 fully saturated rings. The molecule has 2 nitrogen and oxygen atoms in total. The summed E-state index contributed by atoms with van der Waals surface area (Å²) in [5, 5.41) is 3.52. The number of hydrogen-bond donors (Lipinski definition) is 1. The second-order valence-electron chi connectivity index (χ2n) is 5.69. The Morgan fingerprint density at radius 3 is 2.61 bits per heavy atom. The first-order valence-corrected chi connectivity index (χ1v) is 8.40. The molecule has 1 amide bonds. The molecular formula is C19H18FNOS. The number of nitrogens with one attached hydrogen (secondary N) is 1. The summed E-state index contributed by atoms with van der Waals surface area (Å²) in [4.78, 5) is 13.0. The highest BCUT2D eigenvalue weighted by Crippen LogP contribution is 2.32. The van der Waals surface area contributed by atoms with Gasteiger partial charge in [-0.1, -0.05) is 43.3 Å².